The van der Waals surface area contributed by atoms with Crippen LogP contribution in [0, 0.1) is 23.0 Å². The van der Waals surface area contributed by atoms with Gasteiger partial charge in [-0.05, 0) is 43.2 Å². The molecule has 0 bridgehead atoms. The van der Waals surface area contributed by atoms with Crippen molar-refractivity contribution in [3.05, 3.63) is 69.3 Å². The lowest BCUT2D eigenvalue weighted by molar-refractivity contribution is -0.385. The zero-order valence-corrected chi connectivity index (χ0v) is 16.4. The standard InChI is InChI=1S/C21H22N2O6/c1-13(2)11-20(25)22-16-9-7-15(8-10-16)19(24)12-29-21(26)17-5-4-6-18(14(17)3)23(27)28/h4-10,13H,11-12H2,1-3H3,(H,22,25). The number of rotatable bonds is 8. The quantitative estimate of drug-likeness (QED) is 0.312. The van der Waals surface area contributed by atoms with Crippen LogP contribution in [0.15, 0.2) is 42.5 Å². The number of esters is 1. The maximum Gasteiger partial charge on any atom is 0.339 e. The van der Waals surface area contributed by atoms with Crippen molar-refractivity contribution in [1.29, 1.82) is 0 Å². The third-order valence-corrected chi connectivity index (χ3v) is 4.14. The van der Waals surface area contributed by atoms with E-state index in [-0.39, 0.29) is 28.6 Å². The molecule has 8 nitrogen and oxygen atoms in total. The molecular formula is C21H22N2O6. The smallest absolute Gasteiger partial charge is 0.339 e. The van der Waals surface area contributed by atoms with Crippen molar-refractivity contribution in [2.45, 2.75) is 27.2 Å². The summed E-state index contributed by atoms with van der Waals surface area (Å²) < 4.78 is 5.02. The molecule has 0 heterocycles. The van der Waals surface area contributed by atoms with E-state index >= 15 is 0 Å². The number of nitro groups is 1. The van der Waals surface area contributed by atoms with Crippen LogP contribution >= 0.6 is 0 Å². The molecule has 0 aliphatic rings. The van der Waals surface area contributed by atoms with Gasteiger partial charge >= 0.3 is 5.97 Å². The first-order valence-electron chi connectivity index (χ1n) is 9.03. The molecule has 2 aromatic rings. The minimum atomic E-state index is -0.808. The molecule has 0 saturated heterocycles. The lowest BCUT2D eigenvalue weighted by Gasteiger charge is -2.09. The van der Waals surface area contributed by atoms with E-state index < -0.39 is 23.3 Å². The van der Waals surface area contributed by atoms with E-state index in [1.54, 1.807) is 12.1 Å². The van der Waals surface area contributed by atoms with Gasteiger partial charge in [0.05, 0.1) is 10.5 Å². The van der Waals surface area contributed by atoms with Crippen LogP contribution in [-0.2, 0) is 9.53 Å². The predicted molar refractivity (Wildman–Crippen MR) is 107 cm³/mol. The first-order chi connectivity index (χ1) is 13.7. The van der Waals surface area contributed by atoms with Gasteiger partial charge in [0, 0.05) is 29.3 Å². The molecule has 2 aromatic carbocycles. The van der Waals surface area contributed by atoms with Gasteiger partial charge in [0.15, 0.2) is 12.4 Å². The summed E-state index contributed by atoms with van der Waals surface area (Å²) in [5.41, 5.74) is 0.902. The molecule has 1 amide bonds. The largest absolute Gasteiger partial charge is 0.454 e. The van der Waals surface area contributed by atoms with Gasteiger partial charge in [-0.15, -0.1) is 0 Å². The zero-order chi connectivity index (χ0) is 21.6. The van der Waals surface area contributed by atoms with E-state index in [0.29, 0.717) is 17.7 Å². The van der Waals surface area contributed by atoms with Gasteiger partial charge in [-0.2, -0.15) is 0 Å². The number of ketones is 1. The summed E-state index contributed by atoms with van der Waals surface area (Å²) in [6.07, 6.45) is 0.397. The molecule has 0 spiro atoms. The van der Waals surface area contributed by atoms with Crippen molar-refractivity contribution >= 4 is 29.0 Å². The van der Waals surface area contributed by atoms with Crippen LogP contribution in [0.1, 0.15) is 46.5 Å². The Bertz CT molecular complexity index is 935. The number of carbonyl (C=O) groups excluding carboxylic acids is 3. The van der Waals surface area contributed by atoms with E-state index in [1.807, 2.05) is 13.8 Å². The molecule has 0 unspecified atom stereocenters. The minimum absolute atomic E-state index is 0.0372. The van der Waals surface area contributed by atoms with Gasteiger partial charge in [-0.25, -0.2) is 4.79 Å². The lowest BCUT2D eigenvalue weighted by atomic mass is 10.1. The summed E-state index contributed by atoms with van der Waals surface area (Å²) >= 11 is 0. The maximum atomic E-state index is 12.2. The van der Waals surface area contributed by atoms with Gasteiger partial charge in [0.25, 0.3) is 5.69 Å². The summed E-state index contributed by atoms with van der Waals surface area (Å²) in [5, 5.41) is 13.7. The number of hydrogen-bond acceptors (Lipinski definition) is 6. The number of nitro benzene ring substituents is 1. The summed E-state index contributed by atoms with van der Waals surface area (Å²) in [6, 6.07) is 10.3. The number of nitrogens with one attached hydrogen (secondary N) is 1. The first kappa shape index (κ1) is 21.7. The average Bonchev–Trinajstić information content (AvgIpc) is 2.65. The number of anilines is 1. The van der Waals surface area contributed by atoms with E-state index in [1.165, 1.54) is 37.3 Å². The zero-order valence-electron chi connectivity index (χ0n) is 16.4. The molecule has 0 aliphatic carbocycles. The Labute approximate surface area is 168 Å². The molecule has 2 rings (SSSR count). The minimum Gasteiger partial charge on any atom is -0.454 e. The predicted octanol–water partition coefficient (Wildman–Crippen LogP) is 3.93. The highest BCUT2D eigenvalue weighted by atomic mass is 16.6. The second-order valence-corrected chi connectivity index (χ2v) is 6.93. The van der Waals surface area contributed by atoms with Crippen molar-refractivity contribution in [2.24, 2.45) is 5.92 Å². The number of carbonyl (C=O) groups is 3. The molecule has 0 saturated carbocycles. The molecule has 29 heavy (non-hydrogen) atoms. The van der Waals surface area contributed by atoms with Gasteiger partial charge in [-0.1, -0.05) is 19.9 Å². The summed E-state index contributed by atoms with van der Waals surface area (Å²) in [5.74, 6) is -1.11. The second-order valence-electron chi connectivity index (χ2n) is 6.93. The Kier molecular flexibility index (Phi) is 7.19. The van der Waals surface area contributed by atoms with Crippen LogP contribution in [0.3, 0.4) is 0 Å². The van der Waals surface area contributed by atoms with Gasteiger partial charge in [-0.3, -0.25) is 19.7 Å². The third kappa shape index (κ3) is 5.97. The van der Waals surface area contributed by atoms with E-state index in [4.69, 9.17) is 4.74 Å². The molecule has 0 aliphatic heterocycles. The Morgan fingerprint density at radius 2 is 1.76 bits per heavy atom. The average molecular weight is 398 g/mol. The highest BCUT2D eigenvalue weighted by Crippen LogP contribution is 2.21. The molecule has 0 fully saturated rings. The van der Waals surface area contributed by atoms with Crippen LogP contribution in [0.2, 0.25) is 0 Å². The van der Waals surface area contributed by atoms with Gasteiger partial charge < -0.3 is 10.1 Å². The first-order valence-corrected chi connectivity index (χ1v) is 9.03. The van der Waals surface area contributed by atoms with Crippen LogP contribution in [0.5, 0.6) is 0 Å². The molecule has 1 N–H and O–H groups in total. The second kappa shape index (κ2) is 9.59. The highest BCUT2D eigenvalue weighted by molar-refractivity contribution is 6.00. The Balaban J connectivity index is 1.97. The number of hydrogen-bond donors (Lipinski definition) is 1. The Morgan fingerprint density at radius 1 is 1.10 bits per heavy atom. The molecule has 0 atom stereocenters. The van der Waals surface area contributed by atoms with Crippen molar-refractivity contribution in [3.63, 3.8) is 0 Å². The van der Waals surface area contributed by atoms with Crippen molar-refractivity contribution in [1.82, 2.24) is 0 Å². The number of Topliss-reactive ketones (excluding diaryl/α,β-unsaturated/α-hetero) is 1. The molecule has 0 aromatic heterocycles. The highest BCUT2D eigenvalue weighted by Gasteiger charge is 2.20. The third-order valence-electron chi connectivity index (χ3n) is 4.14. The fraction of sp³-hybridized carbons (Fsp3) is 0.286. The van der Waals surface area contributed by atoms with Crippen LogP contribution < -0.4 is 5.32 Å². The summed E-state index contributed by atoms with van der Waals surface area (Å²) in [6.45, 7) is 4.83. The topological polar surface area (TPSA) is 116 Å². The normalized spacial score (nSPS) is 10.5. The number of ether oxygens (including phenoxy) is 1. The van der Waals surface area contributed by atoms with E-state index in [0.717, 1.165) is 0 Å². The molecule has 0 radical (unpaired) electrons. The van der Waals surface area contributed by atoms with Crippen molar-refractivity contribution in [2.75, 3.05) is 11.9 Å². The fourth-order valence-corrected chi connectivity index (χ4v) is 2.66. The maximum absolute atomic E-state index is 12.2. The number of amides is 1. The molecular weight excluding hydrogens is 376 g/mol. The number of nitrogens with zero attached hydrogens (tertiary/aromatic N) is 1. The summed E-state index contributed by atoms with van der Waals surface area (Å²) in [4.78, 5) is 46.6. The summed E-state index contributed by atoms with van der Waals surface area (Å²) in [7, 11) is 0. The monoisotopic (exact) mass is 398 g/mol. The van der Waals surface area contributed by atoms with Crippen molar-refractivity contribution < 1.29 is 24.0 Å². The van der Waals surface area contributed by atoms with Gasteiger partial charge in [0.1, 0.15) is 0 Å². The lowest BCUT2D eigenvalue weighted by Crippen LogP contribution is -2.16. The van der Waals surface area contributed by atoms with Crippen molar-refractivity contribution in [3.8, 4) is 0 Å². The van der Waals surface area contributed by atoms with E-state index in [2.05, 4.69) is 5.32 Å². The number of benzene rings is 2. The Morgan fingerprint density at radius 3 is 2.34 bits per heavy atom. The van der Waals surface area contributed by atoms with Gasteiger partial charge in [0.2, 0.25) is 5.91 Å². The van der Waals surface area contributed by atoms with E-state index in [9.17, 15) is 24.5 Å². The van der Waals surface area contributed by atoms with Crippen LogP contribution in [-0.4, -0.2) is 29.2 Å². The Hall–Kier alpha value is -3.55. The molecule has 152 valence electrons. The fourth-order valence-electron chi connectivity index (χ4n) is 2.66. The SMILES string of the molecule is Cc1c(C(=O)OCC(=O)c2ccc(NC(=O)CC(C)C)cc2)cccc1[N+](=O)[O-]. The van der Waals surface area contributed by atoms with Crippen LogP contribution in [0.4, 0.5) is 11.4 Å². The van der Waals surface area contributed by atoms with Crippen LogP contribution in [0.25, 0.3) is 0 Å². The molecule has 8 heteroatoms.